The summed E-state index contributed by atoms with van der Waals surface area (Å²) in [5.41, 5.74) is 3.65. The van der Waals surface area contributed by atoms with Crippen LogP contribution in [0, 0.1) is 0 Å². The number of nitrogens with zero attached hydrogens (tertiary/aromatic N) is 6. The third-order valence-corrected chi connectivity index (χ3v) is 7.02. The summed E-state index contributed by atoms with van der Waals surface area (Å²) in [5, 5.41) is 0. The van der Waals surface area contributed by atoms with Gasteiger partial charge in [0.15, 0.2) is 0 Å². The summed E-state index contributed by atoms with van der Waals surface area (Å²) in [6, 6.07) is 6.10. The molecule has 2 aromatic rings. The lowest BCUT2D eigenvalue weighted by Gasteiger charge is -2.37. The van der Waals surface area contributed by atoms with Crippen LogP contribution in [-0.4, -0.2) is 100 Å². The van der Waals surface area contributed by atoms with Crippen molar-refractivity contribution in [3.05, 3.63) is 35.0 Å². The molecule has 2 fully saturated rings. The zero-order valence-electron chi connectivity index (χ0n) is 20.6. The number of anilines is 2. The lowest BCUT2D eigenvalue weighted by atomic mass is 10.0. The summed E-state index contributed by atoms with van der Waals surface area (Å²) in [7, 11) is 5.57. The van der Waals surface area contributed by atoms with Gasteiger partial charge in [0.1, 0.15) is 17.3 Å². The molecule has 3 aliphatic rings. The largest absolute Gasteiger partial charge is 0.497 e. The van der Waals surface area contributed by atoms with Crippen LogP contribution in [0.3, 0.4) is 0 Å². The fourth-order valence-electron chi connectivity index (χ4n) is 4.98. The second-order valence-corrected chi connectivity index (χ2v) is 9.34. The Balaban J connectivity index is 1.41. The van der Waals surface area contributed by atoms with Crippen LogP contribution in [0.1, 0.15) is 16.8 Å². The minimum Gasteiger partial charge on any atom is -0.497 e. The number of fused-ring (bicyclic) bond motifs is 1. The van der Waals surface area contributed by atoms with Crippen molar-refractivity contribution in [2.45, 2.75) is 19.5 Å². The summed E-state index contributed by atoms with van der Waals surface area (Å²) >= 11 is 0. The maximum Gasteiger partial charge on any atom is 0.227 e. The van der Waals surface area contributed by atoms with Gasteiger partial charge in [-0.2, -0.15) is 4.98 Å². The first-order chi connectivity index (χ1) is 16.6. The van der Waals surface area contributed by atoms with Gasteiger partial charge in [-0.1, -0.05) is 0 Å². The van der Waals surface area contributed by atoms with E-state index in [0.717, 1.165) is 102 Å². The molecular weight excluding hydrogens is 432 g/mol. The molecule has 0 bridgehead atoms. The van der Waals surface area contributed by atoms with Crippen molar-refractivity contribution < 1.29 is 14.2 Å². The molecule has 0 atom stereocenters. The summed E-state index contributed by atoms with van der Waals surface area (Å²) in [5.74, 6) is 3.62. The molecule has 34 heavy (non-hydrogen) atoms. The molecule has 2 saturated heterocycles. The van der Waals surface area contributed by atoms with Crippen molar-refractivity contribution >= 4 is 11.8 Å². The number of aromatic nitrogens is 2. The predicted octanol–water partition coefficient (Wildman–Crippen LogP) is 1.64. The molecule has 9 nitrogen and oxygen atoms in total. The van der Waals surface area contributed by atoms with Crippen molar-refractivity contribution in [2.75, 3.05) is 90.1 Å². The highest BCUT2D eigenvalue weighted by molar-refractivity contribution is 5.54. The Bertz CT molecular complexity index is 967. The first kappa shape index (κ1) is 23.1. The van der Waals surface area contributed by atoms with Gasteiger partial charge < -0.3 is 28.9 Å². The molecule has 0 spiro atoms. The number of hydrogen-bond donors (Lipinski definition) is 0. The second kappa shape index (κ2) is 10.3. The zero-order valence-corrected chi connectivity index (χ0v) is 20.6. The van der Waals surface area contributed by atoms with Gasteiger partial charge in [-0.05, 0) is 24.7 Å². The number of piperazine rings is 1. The third-order valence-electron chi connectivity index (χ3n) is 7.02. The molecule has 3 aliphatic heterocycles. The number of ether oxygens (including phenoxy) is 3. The molecule has 0 aliphatic carbocycles. The Kier molecular flexibility index (Phi) is 7.03. The van der Waals surface area contributed by atoms with E-state index in [2.05, 4.69) is 38.8 Å². The summed E-state index contributed by atoms with van der Waals surface area (Å²) < 4.78 is 16.6. The van der Waals surface area contributed by atoms with Gasteiger partial charge in [0.25, 0.3) is 0 Å². The van der Waals surface area contributed by atoms with Crippen LogP contribution in [0.2, 0.25) is 0 Å². The van der Waals surface area contributed by atoms with Gasteiger partial charge in [-0.25, -0.2) is 4.98 Å². The van der Waals surface area contributed by atoms with E-state index in [1.165, 1.54) is 16.8 Å². The Morgan fingerprint density at radius 3 is 2.24 bits per heavy atom. The minimum absolute atomic E-state index is 0.746. The first-order valence-corrected chi connectivity index (χ1v) is 12.2. The molecule has 0 N–H and O–H groups in total. The normalized spacial score (nSPS) is 19.7. The third kappa shape index (κ3) is 5.06. The molecule has 4 heterocycles. The Hall–Kier alpha value is -2.62. The summed E-state index contributed by atoms with van der Waals surface area (Å²) in [6.45, 7) is 9.91. The smallest absolute Gasteiger partial charge is 0.227 e. The summed E-state index contributed by atoms with van der Waals surface area (Å²) in [6.07, 6.45) is 0.928. The molecule has 1 aromatic heterocycles. The highest BCUT2D eigenvalue weighted by atomic mass is 16.5. The van der Waals surface area contributed by atoms with Crippen molar-refractivity contribution in [3.8, 4) is 11.5 Å². The predicted molar refractivity (Wildman–Crippen MR) is 132 cm³/mol. The standard InChI is InChI=1S/C25H36N6O3/c1-28-6-8-31(9-7-28)25-26-23-4-5-29(17-19-14-20(32-2)16-21(15-19)33-3)18-22(23)24(27-25)30-10-12-34-13-11-30/h14-16H,4-13,17-18H2,1-3H3. The maximum absolute atomic E-state index is 5.63. The molecule has 1 aromatic carbocycles. The minimum atomic E-state index is 0.746. The van der Waals surface area contributed by atoms with Crippen molar-refractivity contribution in [1.82, 2.24) is 19.8 Å². The van der Waals surface area contributed by atoms with Crippen LogP contribution in [-0.2, 0) is 24.2 Å². The molecule has 9 heteroatoms. The van der Waals surface area contributed by atoms with Crippen molar-refractivity contribution in [2.24, 2.45) is 0 Å². The van der Waals surface area contributed by atoms with E-state index in [9.17, 15) is 0 Å². The molecule has 0 saturated carbocycles. The molecule has 0 unspecified atom stereocenters. The van der Waals surface area contributed by atoms with Crippen LogP contribution in [0.5, 0.6) is 11.5 Å². The Morgan fingerprint density at radius 2 is 1.56 bits per heavy atom. The lowest BCUT2D eigenvalue weighted by molar-refractivity contribution is 0.122. The van der Waals surface area contributed by atoms with Gasteiger partial charge in [-0.3, -0.25) is 4.90 Å². The quantitative estimate of drug-likeness (QED) is 0.629. The van der Waals surface area contributed by atoms with Gasteiger partial charge in [0.05, 0.1) is 33.1 Å². The number of hydrogen-bond acceptors (Lipinski definition) is 9. The highest BCUT2D eigenvalue weighted by Gasteiger charge is 2.28. The molecule has 184 valence electrons. The topological polar surface area (TPSA) is 66.4 Å². The maximum atomic E-state index is 5.63. The van der Waals surface area contributed by atoms with Crippen LogP contribution >= 0.6 is 0 Å². The summed E-state index contributed by atoms with van der Waals surface area (Å²) in [4.78, 5) is 19.8. The number of rotatable bonds is 6. The van der Waals surface area contributed by atoms with E-state index in [-0.39, 0.29) is 0 Å². The number of likely N-dealkylation sites (N-methyl/N-ethyl adjacent to an activating group) is 1. The lowest BCUT2D eigenvalue weighted by Crippen LogP contribution is -2.46. The van der Waals surface area contributed by atoms with Gasteiger partial charge in [0.2, 0.25) is 5.95 Å². The number of benzene rings is 1. The van der Waals surface area contributed by atoms with Crippen molar-refractivity contribution in [1.29, 1.82) is 0 Å². The van der Waals surface area contributed by atoms with E-state index in [1.807, 2.05) is 6.07 Å². The van der Waals surface area contributed by atoms with Crippen LogP contribution in [0.25, 0.3) is 0 Å². The van der Waals surface area contributed by atoms with E-state index >= 15 is 0 Å². The van der Waals surface area contributed by atoms with Crippen molar-refractivity contribution in [3.63, 3.8) is 0 Å². The number of methoxy groups -OCH3 is 2. The van der Waals surface area contributed by atoms with Gasteiger partial charge in [-0.15, -0.1) is 0 Å². The Labute approximate surface area is 202 Å². The van der Waals surface area contributed by atoms with Gasteiger partial charge in [0, 0.05) is 77.0 Å². The van der Waals surface area contributed by atoms with E-state index < -0.39 is 0 Å². The van der Waals surface area contributed by atoms with E-state index in [0.29, 0.717) is 0 Å². The fraction of sp³-hybridized carbons (Fsp3) is 0.600. The van der Waals surface area contributed by atoms with Crippen LogP contribution in [0.4, 0.5) is 11.8 Å². The monoisotopic (exact) mass is 468 g/mol. The Morgan fingerprint density at radius 1 is 0.853 bits per heavy atom. The molecule has 0 radical (unpaired) electrons. The SMILES string of the molecule is COc1cc(CN2CCc3nc(N4CCN(C)CC4)nc(N4CCOCC4)c3C2)cc(OC)c1. The average Bonchev–Trinajstić information content (AvgIpc) is 2.88. The second-order valence-electron chi connectivity index (χ2n) is 9.34. The highest BCUT2D eigenvalue weighted by Crippen LogP contribution is 2.31. The van der Waals surface area contributed by atoms with Crippen LogP contribution < -0.4 is 19.3 Å². The zero-order chi connectivity index (χ0) is 23.5. The first-order valence-electron chi connectivity index (χ1n) is 12.2. The van der Waals surface area contributed by atoms with Crippen LogP contribution in [0.15, 0.2) is 18.2 Å². The van der Waals surface area contributed by atoms with E-state index in [4.69, 9.17) is 24.2 Å². The molecule has 0 amide bonds. The molecule has 5 rings (SSSR count). The van der Waals surface area contributed by atoms with E-state index in [1.54, 1.807) is 14.2 Å². The average molecular weight is 469 g/mol. The fourth-order valence-corrected chi connectivity index (χ4v) is 4.98. The number of morpholine rings is 1. The molecular formula is C25H36N6O3. The van der Waals surface area contributed by atoms with Gasteiger partial charge >= 0.3 is 0 Å².